The molecule has 0 aliphatic carbocycles. The van der Waals surface area contributed by atoms with Gasteiger partial charge < -0.3 is 24.2 Å². The van der Waals surface area contributed by atoms with Crippen LogP contribution >= 0.6 is 0 Å². The Morgan fingerprint density at radius 3 is 2.05 bits per heavy atom. The Labute approximate surface area is 234 Å². The molecule has 5 aliphatic rings. The number of rotatable bonds is 7. The van der Waals surface area contributed by atoms with Crippen LogP contribution in [0.3, 0.4) is 0 Å². The molecule has 5 rings (SSSR count). The third kappa shape index (κ3) is 7.12. The van der Waals surface area contributed by atoms with E-state index >= 15 is 0 Å². The topological polar surface area (TPSA) is 92.6 Å². The average molecular weight is 545 g/mol. The fourth-order valence-electron chi connectivity index (χ4n) is 7.03. The number of piperazine rings is 1. The third-order valence-electron chi connectivity index (χ3n) is 9.72. The van der Waals surface area contributed by atoms with Gasteiger partial charge in [0.05, 0.1) is 19.3 Å². The summed E-state index contributed by atoms with van der Waals surface area (Å²) in [4.78, 5) is 38.5. The summed E-state index contributed by atoms with van der Waals surface area (Å²) in [5, 5.41) is 10.2. The van der Waals surface area contributed by atoms with Crippen molar-refractivity contribution in [3.05, 3.63) is 0 Å². The van der Waals surface area contributed by atoms with Crippen LogP contribution in [0.1, 0.15) is 44.9 Å². The maximum absolute atomic E-state index is 13.7. The van der Waals surface area contributed by atoms with Crippen molar-refractivity contribution in [3.8, 4) is 6.07 Å². The number of ether oxygens (including phenoxy) is 2. The lowest BCUT2D eigenvalue weighted by molar-refractivity contribution is -0.146. The zero-order valence-electron chi connectivity index (χ0n) is 23.7. The van der Waals surface area contributed by atoms with Crippen LogP contribution in [0.5, 0.6) is 0 Å². The Morgan fingerprint density at radius 1 is 0.769 bits per heavy atom. The lowest BCUT2D eigenvalue weighted by atomic mass is 9.78. The standard InChI is InChI=1S/C29H48N6O4/c30-24-29(6-10-31(11-7-29)22-25-4-18-38-19-5-25)28(37)35-14-12-33(13-15-35)26(23-32-16-20-39-21-17-32)27(36)34-8-2-1-3-9-34/h25-26H,1-23H2/t26-/m0/s1. The molecule has 0 saturated carbocycles. The normalized spacial score (nSPS) is 27.2. The molecule has 218 valence electrons. The molecular formula is C29H48N6O4. The van der Waals surface area contributed by atoms with Crippen molar-refractivity contribution in [2.75, 3.05) is 105 Å². The number of likely N-dealkylation sites (tertiary alicyclic amines) is 2. The van der Waals surface area contributed by atoms with E-state index in [1.807, 2.05) is 4.90 Å². The number of nitriles is 1. The first-order valence-electron chi connectivity index (χ1n) is 15.4. The van der Waals surface area contributed by atoms with Gasteiger partial charge in [0.15, 0.2) is 0 Å². The quantitative estimate of drug-likeness (QED) is 0.467. The van der Waals surface area contributed by atoms with E-state index in [2.05, 4.69) is 25.7 Å². The van der Waals surface area contributed by atoms with Crippen LogP contribution in [0.25, 0.3) is 0 Å². The lowest BCUT2D eigenvalue weighted by Crippen LogP contribution is -2.62. The van der Waals surface area contributed by atoms with Gasteiger partial charge in [-0.1, -0.05) is 0 Å². The zero-order valence-corrected chi connectivity index (χ0v) is 23.7. The van der Waals surface area contributed by atoms with Gasteiger partial charge >= 0.3 is 0 Å². The summed E-state index contributed by atoms with van der Waals surface area (Å²) in [7, 11) is 0. The van der Waals surface area contributed by atoms with Gasteiger partial charge in [-0.15, -0.1) is 0 Å². The Kier molecular flexibility index (Phi) is 10.1. The highest BCUT2D eigenvalue weighted by Gasteiger charge is 2.45. The van der Waals surface area contributed by atoms with Gasteiger partial charge in [0.2, 0.25) is 11.8 Å². The van der Waals surface area contributed by atoms with Gasteiger partial charge in [-0.05, 0) is 50.9 Å². The molecule has 5 aliphatic heterocycles. The summed E-state index contributed by atoms with van der Waals surface area (Å²) in [5.74, 6) is 0.906. The molecule has 10 nitrogen and oxygen atoms in total. The van der Waals surface area contributed by atoms with E-state index in [9.17, 15) is 14.9 Å². The van der Waals surface area contributed by atoms with Crippen LogP contribution in [-0.2, 0) is 19.1 Å². The average Bonchev–Trinajstić information content (AvgIpc) is 3.01. The smallest absolute Gasteiger partial charge is 0.243 e. The number of hydrogen-bond acceptors (Lipinski definition) is 8. The molecular weight excluding hydrogens is 496 g/mol. The fourth-order valence-corrected chi connectivity index (χ4v) is 7.03. The highest BCUT2D eigenvalue weighted by Crippen LogP contribution is 2.34. The molecule has 2 amide bonds. The number of carbonyl (C=O) groups is 2. The summed E-state index contributed by atoms with van der Waals surface area (Å²) in [5.41, 5.74) is -0.912. The molecule has 0 aromatic rings. The van der Waals surface area contributed by atoms with E-state index in [1.54, 1.807) is 0 Å². The van der Waals surface area contributed by atoms with Crippen molar-refractivity contribution in [3.63, 3.8) is 0 Å². The predicted octanol–water partition coefficient (Wildman–Crippen LogP) is 0.876. The first kappa shape index (κ1) is 28.7. The van der Waals surface area contributed by atoms with E-state index in [0.29, 0.717) is 44.9 Å². The van der Waals surface area contributed by atoms with E-state index in [-0.39, 0.29) is 17.9 Å². The molecule has 1 atom stereocenters. The van der Waals surface area contributed by atoms with Crippen LogP contribution in [0.2, 0.25) is 0 Å². The summed E-state index contributed by atoms with van der Waals surface area (Å²) in [6, 6.07) is 2.27. The fraction of sp³-hybridized carbons (Fsp3) is 0.897. The molecule has 5 fully saturated rings. The van der Waals surface area contributed by atoms with Crippen LogP contribution in [0.4, 0.5) is 0 Å². The van der Waals surface area contributed by atoms with E-state index in [1.165, 1.54) is 6.42 Å². The van der Waals surface area contributed by atoms with Gasteiger partial charge in [0, 0.05) is 91.8 Å². The van der Waals surface area contributed by atoms with Crippen LogP contribution in [0.15, 0.2) is 0 Å². The van der Waals surface area contributed by atoms with Gasteiger partial charge in [0.1, 0.15) is 11.5 Å². The maximum Gasteiger partial charge on any atom is 0.243 e. The van der Waals surface area contributed by atoms with Gasteiger partial charge in [-0.3, -0.25) is 19.4 Å². The highest BCUT2D eigenvalue weighted by molar-refractivity contribution is 5.86. The third-order valence-corrected chi connectivity index (χ3v) is 9.72. The molecule has 0 N–H and O–H groups in total. The first-order valence-corrected chi connectivity index (χ1v) is 15.4. The SMILES string of the molecule is N#CC1(C(=O)N2CCN([C@@H](CN3CCOCC3)C(=O)N3CCCCC3)CC2)CCN(CC2CCOCC2)CC1. The molecule has 39 heavy (non-hydrogen) atoms. The van der Waals surface area contributed by atoms with Crippen molar-refractivity contribution in [2.45, 2.75) is 51.0 Å². The number of morpholine rings is 1. The number of carbonyl (C=O) groups excluding carboxylic acids is 2. The summed E-state index contributed by atoms with van der Waals surface area (Å²) >= 11 is 0. The summed E-state index contributed by atoms with van der Waals surface area (Å²) < 4.78 is 11.0. The van der Waals surface area contributed by atoms with Crippen molar-refractivity contribution >= 4 is 11.8 Å². The lowest BCUT2D eigenvalue weighted by Gasteiger charge is -2.45. The first-order chi connectivity index (χ1) is 19.1. The van der Waals surface area contributed by atoms with Crippen LogP contribution < -0.4 is 0 Å². The zero-order chi connectivity index (χ0) is 27.1. The number of nitrogens with zero attached hydrogens (tertiary/aromatic N) is 6. The highest BCUT2D eigenvalue weighted by atomic mass is 16.5. The van der Waals surface area contributed by atoms with Crippen molar-refractivity contribution in [2.24, 2.45) is 11.3 Å². The largest absolute Gasteiger partial charge is 0.381 e. The summed E-state index contributed by atoms with van der Waals surface area (Å²) in [6.07, 6.45) is 6.80. The molecule has 0 bridgehead atoms. The molecule has 5 saturated heterocycles. The van der Waals surface area contributed by atoms with Gasteiger partial charge in [-0.25, -0.2) is 0 Å². The van der Waals surface area contributed by atoms with Gasteiger partial charge in [-0.2, -0.15) is 5.26 Å². The van der Waals surface area contributed by atoms with E-state index in [4.69, 9.17) is 9.47 Å². The Balaban J connectivity index is 1.16. The van der Waals surface area contributed by atoms with E-state index < -0.39 is 5.41 Å². The molecule has 0 radical (unpaired) electrons. The second kappa shape index (κ2) is 13.7. The molecule has 0 spiro atoms. The second-order valence-electron chi connectivity index (χ2n) is 12.2. The molecule has 0 unspecified atom stereocenters. The minimum Gasteiger partial charge on any atom is -0.381 e. The maximum atomic E-state index is 13.7. The van der Waals surface area contributed by atoms with Crippen molar-refractivity contribution in [1.29, 1.82) is 5.26 Å². The number of hydrogen-bond donors (Lipinski definition) is 0. The Bertz CT molecular complexity index is 846. The second-order valence-corrected chi connectivity index (χ2v) is 12.2. The summed E-state index contributed by atoms with van der Waals surface area (Å²) in [6.45, 7) is 12.5. The molecule has 5 heterocycles. The predicted molar refractivity (Wildman–Crippen MR) is 147 cm³/mol. The van der Waals surface area contributed by atoms with Crippen molar-refractivity contribution < 1.29 is 19.1 Å². The minimum absolute atomic E-state index is 0.00227. The van der Waals surface area contributed by atoms with Crippen LogP contribution in [-0.4, -0.2) is 147 Å². The number of amides is 2. The van der Waals surface area contributed by atoms with E-state index in [0.717, 1.165) is 104 Å². The molecule has 0 aromatic heterocycles. The molecule has 0 aromatic carbocycles. The monoisotopic (exact) mass is 544 g/mol. The molecule has 10 heteroatoms. The number of piperidine rings is 2. The van der Waals surface area contributed by atoms with Gasteiger partial charge in [0.25, 0.3) is 0 Å². The minimum atomic E-state index is -0.912. The van der Waals surface area contributed by atoms with Crippen molar-refractivity contribution in [1.82, 2.24) is 24.5 Å². The Morgan fingerprint density at radius 2 is 1.41 bits per heavy atom. The Hall–Kier alpha value is -1.77. The van der Waals surface area contributed by atoms with Crippen LogP contribution in [0, 0.1) is 22.7 Å².